The molecule has 0 aliphatic heterocycles. The average Bonchev–Trinajstić information content (AvgIpc) is 3.08. The standard InChI is InChI=1S/C14H17NO4/c1-4-9-5-6-10(18-9)13(15-2)11-7-8-12(19-11)14(16)17-3/h5-8,13,15H,4H2,1-3H3. The lowest BCUT2D eigenvalue weighted by molar-refractivity contribution is 0.0562. The summed E-state index contributed by atoms with van der Waals surface area (Å²) < 4.78 is 15.8. The Bertz CT molecular complexity index is 555. The molecule has 0 fully saturated rings. The van der Waals surface area contributed by atoms with Gasteiger partial charge in [-0.05, 0) is 31.3 Å². The summed E-state index contributed by atoms with van der Waals surface area (Å²) in [6.45, 7) is 2.03. The first-order chi connectivity index (χ1) is 9.19. The van der Waals surface area contributed by atoms with E-state index in [1.165, 1.54) is 7.11 Å². The van der Waals surface area contributed by atoms with E-state index in [0.29, 0.717) is 5.76 Å². The van der Waals surface area contributed by atoms with Crippen molar-refractivity contribution in [1.82, 2.24) is 5.32 Å². The largest absolute Gasteiger partial charge is 0.464 e. The number of ether oxygens (including phenoxy) is 1. The van der Waals surface area contributed by atoms with Gasteiger partial charge in [0.15, 0.2) is 0 Å². The van der Waals surface area contributed by atoms with Gasteiger partial charge >= 0.3 is 5.97 Å². The predicted octanol–water partition coefficient (Wildman–Crippen LogP) is 2.53. The number of aryl methyl sites for hydroxylation is 1. The summed E-state index contributed by atoms with van der Waals surface area (Å²) in [6, 6.07) is 6.94. The number of hydrogen-bond donors (Lipinski definition) is 1. The monoisotopic (exact) mass is 263 g/mol. The minimum Gasteiger partial charge on any atom is -0.464 e. The zero-order chi connectivity index (χ0) is 13.8. The zero-order valence-corrected chi connectivity index (χ0v) is 11.2. The smallest absolute Gasteiger partial charge is 0.373 e. The Hall–Kier alpha value is -2.01. The molecule has 1 atom stereocenters. The predicted molar refractivity (Wildman–Crippen MR) is 69.0 cm³/mol. The molecule has 0 saturated heterocycles. The van der Waals surface area contributed by atoms with Gasteiger partial charge in [-0.2, -0.15) is 0 Å². The second kappa shape index (κ2) is 5.75. The van der Waals surface area contributed by atoms with E-state index in [0.717, 1.165) is 17.9 Å². The maximum Gasteiger partial charge on any atom is 0.373 e. The molecule has 5 nitrogen and oxygen atoms in total. The topological polar surface area (TPSA) is 64.6 Å². The minimum atomic E-state index is -0.491. The number of hydrogen-bond acceptors (Lipinski definition) is 5. The van der Waals surface area contributed by atoms with Gasteiger partial charge in [-0.25, -0.2) is 4.79 Å². The molecule has 5 heteroatoms. The van der Waals surface area contributed by atoms with E-state index in [1.54, 1.807) is 19.2 Å². The van der Waals surface area contributed by atoms with E-state index in [1.807, 2.05) is 19.1 Å². The first kappa shape index (κ1) is 13.4. The molecule has 2 rings (SSSR count). The number of carbonyl (C=O) groups excluding carboxylic acids is 1. The Morgan fingerprint density at radius 3 is 2.53 bits per heavy atom. The third kappa shape index (κ3) is 2.71. The van der Waals surface area contributed by atoms with Crippen LogP contribution >= 0.6 is 0 Å². The molecule has 2 aromatic rings. The van der Waals surface area contributed by atoms with Crippen LogP contribution in [0.2, 0.25) is 0 Å². The molecule has 0 saturated carbocycles. The van der Waals surface area contributed by atoms with Crippen molar-refractivity contribution in [2.24, 2.45) is 0 Å². The Balaban J connectivity index is 2.26. The highest BCUT2D eigenvalue weighted by molar-refractivity contribution is 5.86. The number of carbonyl (C=O) groups is 1. The van der Waals surface area contributed by atoms with Crippen LogP contribution in [0.15, 0.2) is 33.1 Å². The van der Waals surface area contributed by atoms with Gasteiger partial charge in [-0.1, -0.05) is 6.92 Å². The summed E-state index contributed by atoms with van der Waals surface area (Å²) in [7, 11) is 3.12. The SMILES string of the molecule is CCc1ccc(C(NC)c2ccc(C(=O)OC)o2)o1. The van der Waals surface area contributed by atoms with Gasteiger partial charge in [-0.3, -0.25) is 0 Å². The second-order valence-electron chi connectivity index (χ2n) is 4.07. The molecular formula is C14H17NO4. The third-order valence-corrected chi connectivity index (χ3v) is 2.90. The van der Waals surface area contributed by atoms with E-state index < -0.39 is 5.97 Å². The van der Waals surface area contributed by atoms with Crippen LogP contribution in [0.25, 0.3) is 0 Å². The lowest BCUT2D eigenvalue weighted by Crippen LogP contribution is -2.16. The number of methoxy groups -OCH3 is 1. The Kier molecular flexibility index (Phi) is 4.06. The molecule has 19 heavy (non-hydrogen) atoms. The fraction of sp³-hybridized carbons (Fsp3) is 0.357. The maximum atomic E-state index is 11.4. The van der Waals surface area contributed by atoms with Crippen molar-refractivity contribution in [3.8, 4) is 0 Å². The molecule has 0 spiro atoms. The second-order valence-corrected chi connectivity index (χ2v) is 4.07. The van der Waals surface area contributed by atoms with Crippen LogP contribution in [0.1, 0.15) is 40.8 Å². The molecule has 1 N–H and O–H groups in total. The fourth-order valence-electron chi connectivity index (χ4n) is 1.88. The van der Waals surface area contributed by atoms with Crippen molar-refractivity contribution in [1.29, 1.82) is 0 Å². The molecule has 0 bridgehead atoms. The summed E-state index contributed by atoms with van der Waals surface area (Å²) in [5, 5.41) is 3.10. The summed E-state index contributed by atoms with van der Waals surface area (Å²) in [5.74, 6) is 1.97. The van der Waals surface area contributed by atoms with Gasteiger partial charge in [-0.15, -0.1) is 0 Å². The fourth-order valence-corrected chi connectivity index (χ4v) is 1.88. The highest BCUT2D eigenvalue weighted by Gasteiger charge is 2.21. The van der Waals surface area contributed by atoms with Gasteiger partial charge in [0, 0.05) is 6.42 Å². The molecule has 0 aromatic carbocycles. The number of rotatable bonds is 5. The molecule has 2 aromatic heterocycles. The van der Waals surface area contributed by atoms with Crippen molar-refractivity contribution in [2.45, 2.75) is 19.4 Å². The van der Waals surface area contributed by atoms with Crippen molar-refractivity contribution in [3.05, 3.63) is 47.3 Å². The average molecular weight is 263 g/mol. The Morgan fingerprint density at radius 1 is 1.26 bits per heavy atom. The van der Waals surface area contributed by atoms with Gasteiger partial charge in [0.2, 0.25) is 5.76 Å². The molecule has 1 unspecified atom stereocenters. The summed E-state index contributed by atoms with van der Waals surface area (Å²) in [6.07, 6.45) is 0.835. The van der Waals surface area contributed by atoms with Crippen molar-refractivity contribution in [3.63, 3.8) is 0 Å². The van der Waals surface area contributed by atoms with E-state index in [-0.39, 0.29) is 11.8 Å². The summed E-state index contributed by atoms with van der Waals surface area (Å²) in [4.78, 5) is 11.4. The number of nitrogens with one attached hydrogen (secondary N) is 1. The highest BCUT2D eigenvalue weighted by Crippen LogP contribution is 2.25. The van der Waals surface area contributed by atoms with Gasteiger partial charge in [0.1, 0.15) is 23.3 Å². The molecular weight excluding hydrogens is 246 g/mol. The molecule has 2 heterocycles. The van der Waals surface area contributed by atoms with Crippen molar-refractivity contribution in [2.75, 3.05) is 14.2 Å². The summed E-state index contributed by atoms with van der Waals surface area (Å²) >= 11 is 0. The number of esters is 1. The van der Waals surface area contributed by atoms with Gasteiger partial charge < -0.3 is 18.9 Å². The van der Waals surface area contributed by atoms with Gasteiger partial charge in [0.25, 0.3) is 0 Å². The van der Waals surface area contributed by atoms with Crippen molar-refractivity contribution < 1.29 is 18.4 Å². The lowest BCUT2D eigenvalue weighted by Gasteiger charge is -2.10. The lowest BCUT2D eigenvalue weighted by atomic mass is 10.2. The molecule has 0 radical (unpaired) electrons. The zero-order valence-electron chi connectivity index (χ0n) is 11.2. The first-order valence-corrected chi connectivity index (χ1v) is 6.13. The van der Waals surface area contributed by atoms with Crippen LogP contribution in [-0.4, -0.2) is 20.1 Å². The Labute approximate surface area is 111 Å². The van der Waals surface area contributed by atoms with Crippen LogP contribution in [0.3, 0.4) is 0 Å². The minimum absolute atomic E-state index is 0.181. The number of furan rings is 2. The first-order valence-electron chi connectivity index (χ1n) is 6.13. The van der Waals surface area contributed by atoms with E-state index in [2.05, 4.69) is 10.1 Å². The molecule has 102 valence electrons. The quantitative estimate of drug-likeness (QED) is 0.840. The van der Waals surface area contributed by atoms with E-state index in [9.17, 15) is 4.79 Å². The van der Waals surface area contributed by atoms with Crippen molar-refractivity contribution >= 4 is 5.97 Å². The van der Waals surface area contributed by atoms with E-state index in [4.69, 9.17) is 8.83 Å². The highest BCUT2D eigenvalue weighted by atomic mass is 16.5. The maximum absolute atomic E-state index is 11.4. The van der Waals surface area contributed by atoms with Crippen LogP contribution in [-0.2, 0) is 11.2 Å². The van der Waals surface area contributed by atoms with Crippen LogP contribution in [0.5, 0.6) is 0 Å². The molecule has 0 aliphatic carbocycles. The third-order valence-electron chi connectivity index (χ3n) is 2.90. The molecule has 0 amide bonds. The van der Waals surface area contributed by atoms with Crippen LogP contribution in [0, 0.1) is 0 Å². The van der Waals surface area contributed by atoms with Crippen LogP contribution in [0.4, 0.5) is 0 Å². The van der Waals surface area contributed by atoms with E-state index >= 15 is 0 Å². The molecule has 0 aliphatic rings. The normalized spacial score (nSPS) is 12.4. The van der Waals surface area contributed by atoms with Gasteiger partial charge in [0.05, 0.1) is 7.11 Å². The van der Waals surface area contributed by atoms with Crippen LogP contribution < -0.4 is 5.32 Å². The summed E-state index contributed by atoms with van der Waals surface area (Å²) in [5.41, 5.74) is 0. The Morgan fingerprint density at radius 2 is 1.95 bits per heavy atom.